The number of aromatic nitrogens is 1. The fourth-order valence-electron chi connectivity index (χ4n) is 3.19. The van der Waals surface area contributed by atoms with Crippen LogP contribution in [-0.2, 0) is 5.60 Å². The first-order valence-electron chi connectivity index (χ1n) is 7.01. The van der Waals surface area contributed by atoms with Crippen LogP contribution in [-0.4, -0.2) is 10.1 Å². The molecule has 2 aromatic rings. The topological polar surface area (TPSA) is 36.0 Å². The number of hydrogen-bond donors (Lipinski definition) is 2. The summed E-state index contributed by atoms with van der Waals surface area (Å²) in [7, 11) is 0. The minimum Gasteiger partial charge on any atom is -0.385 e. The highest BCUT2D eigenvalue weighted by Gasteiger charge is 2.34. The maximum Gasteiger partial charge on any atom is 0.0897 e. The van der Waals surface area contributed by atoms with Crippen LogP contribution in [0.2, 0.25) is 0 Å². The molecule has 0 radical (unpaired) electrons. The lowest BCUT2D eigenvalue weighted by atomic mass is 9.74. The van der Waals surface area contributed by atoms with E-state index in [0.29, 0.717) is 0 Å². The maximum absolute atomic E-state index is 10.8. The van der Waals surface area contributed by atoms with Crippen molar-refractivity contribution in [3.8, 4) is 0 Å². The molecule has 1 aliphatic carbocycles. The predicted octanol–water partition coefficient (Wildman–Crippen LogP) is 3.96. The lowest BCUT2D eigenvalue weighted by molar-refractivity contribution is -0.0144. The van der Waals surface area contributed by atoms with Crippen molar-refractivity contribution >= 4 is 10.9 Å². The standard InChI is InChI=1S/C16H21NO/c1-2-12-5-8-16(18,9-6-12)14-3-4-15-13(11-14)7-10-17-15/h3-4,7,10-12,17-18H,2,5-6,8-9H2,1H3. The van der Waals surface area contributed by atoms with Gasteiger partial charge < -0.3 is 10.1 Å². The van der Waals surface area contributed by atoms with Crippen molar-refractivity contribution in [3.05, 3.63) is 36.0 Å². The van der Waals surface area contributed by atoms with Crippen molar-refractivity contribution in [2.75, 3.05) is 0 Å². The highest BCUT2D eigenvalue weighted by atomic mass is 16.3. The second-order valence-corrected chi connectivity index (χ2v) is 5.66. The molecular weight excluding hydrogens is 222 g/mol. The summed E-state index contributed by atoms with van der Waals surface area (Å²) in [4.78, 5) is 3.20. The third kappa shape index (κ3) is 1.95. The first-order chi connectivity index (χ1) is 8.71. The molecule has 0 bridgehead atoms. The summed E-state index contributed by atoms with van der Waals surface area (Å²) in [6.07, 6.45) is 7.30. The quantitative estimate of drug-likeness (QED) is 0.823. The summed E-state index contributed by atoms with van der Waals surface area (Å²) < 4.78 is 0. The number of aliphatic hydroxyl groups is 1. The third-order valence-corrected chi connectivity index (χ3v) is 4.60. The van der Waals surface area contributed by atoms with E-state index in [4.69, 9.17) is 0 Å². The van der Waals surface area contributed by atoms with Gasteiger partial charge in [-0.1, -0.05) is 19.4 Å². The minimum absolute atomic E-state index is 0.600. The second kappa shape index (κ2) is 4.43. The van der Waals surface area contributed by atoms with Gasteiger partial charge in [0, 0.05) is 11.7 Å². The largest absolute Gasteiger partial charge is 0.385 e. The molecule has 1 aromatic carbocycles. The fraction of sp³-hybridized carbons (Fsp3) is 0.500. The third-order valence-electron chi connectivity index (χ3n) is 4.60. The predicted molar refractivity (Wildman–Crippen MR) is 74.4 cm³/mol. The summed E-state index contributed by atoms with van der Waals surface area (Å²) in [5.74, 6) is 0.807. The molecule has 0 saturated heterocycles. The van der Waals surface area contributed by atoms with Crippen molar-refractivity contribution in [1.82, 2.24) is 4.98 Å². The normalized spacial score (nSPS) is 28.7. The molecule has 0 unspecified atom stereocenters. The maximum atomic E-state index is 10.8. The zero-order valence-electron chi connectivity index (χ0n) is 10.9. The van der Waals surface area contributed by atoms with E-state index in [2.05, 4.69) is 36.2 Å². The number of benzene rings is 1. The summed E-state index contributed by atoms with van der Waals surface area (Å²) in [6, 6.07) is 8.36. The molecule has 18 heavy (non-hydrogen) atoms. The first kappa shape index (κ1) is 11.8. The van der Waals surface area contributed by atoms with Gasteiger partial charge in [0.25, 0.3) is 0 Å². The van der Waals surface area contributed by atoms with Crippen LogP contribution in [0, 0.1) is 5.92 Å². The van der Waals surface area contributed by atoms with Crippen LogP contribution < -0.4 is 0 Å². The van der Waals surface area contributed by atoms with Gasteiger partial charge in [-0.15, -0.1) is 0 Å². The number of aromatic amines is 1. The van der Waals surface area contributed by atoms with Crippen molar-refractivity contribution in [2.45, 2.75) is 44.6 Å². The molecule has 96 valence electrons. The Morgan fingerprint density at radius 2 is 2.06 bits per heavy atom. The van der Waals surface area contributed by atoms with Crippen LogP contribution in [0.25, 0.3) is 10.9 Å². The van der Waals surface area contributed by atoms with Gasteiger partial charge in [0.1, 0.15) is 0 Å². The molecule has 1 aromatic heterocycles. The van der Waals surface area contributed by atoms with Gasteiger partial charge in [-0.2, -0.15) is 0 Å². The van der Waals surface area contributed by atoms with E-state index in [0.717, 1.165) is 42.7 Å². The van der Waals surface area contributed by atoms with E-state index in [1.54, 1.807) is 0 Å². The van der Waals surface area contributed by atoms with Crippen LogP contribution in [0.15, 0.2) is 30.5 Å². The highest BCUT2D eigenvalue weighted by Crippen LogP contribution is 2.41. The highest BCUT2D eigenvalue weighted by molar-refractivity contribution is 5.80. The Morgan fingerprint density at radius 3 is 2.78 bits per heavy atom. The Labute approximate surface area is 108 Å². The fourth-order valence-corrected chi connectivity index (χ4v) is 3.19. The van der Waals surface area contributed by atoms with Gasteiger partial charge in [-0.05, 0) is 60.7 Å². The molecule has 0 atom stereocenters. The molecule has 1 heterocycles. The van der Waals surface area contributed by atoms with Gasteiger partial charge in [-0.25, -0.2) is 0 Å². The first-order valence-corrected chi connectivity index (χ1v) is 7.01. The average molecular weight is 243 g/mol. The molecule has 1 aliphatic rings. The Kier molecular flexibility index (Phi) is 2.90. The molecule has 0 amide bonds. The van der Waals surface area contributed by atoms with E-state index < -0.39 is 5.60 Å². The molecule has 2 heteroatoms. The summed E-state index contributed by atoms with van der Waals surface area (Å²) in [5, 5.41) is 12.0. The van der Waals surface area contributed by atoms with Gasteiger partial charge in [0.05, 0.1) is 5.60 Å². The summed E-state index contributed by atoms with van der Waals surface area (Å²) in [6.45, 7) is 2.25. The molecular formula is C16H21NO. The molecule has 2 N–H and O–H groups in total. The number of hydrogen-bond acceptors (Lipinski definition) is 1. The smallest absolute Gasteiger partial charge is 0.0897 e. The van der Waals surface area contributed by atoms with Crippen LogP contribution >= 0.6 is 0 Å². The zero-order valence-corrected chi connectivity index (χ0v) is 10.9. The van der Waals surface area contributed by atoms with Crippen LogP contribution in [0.1, 0.15) is 44.6 Å². The zero-order chi connectivity index (χ0) is 12.6. The van der Waals surface area contributed by atoms with Crippen LogP contribution in [0.3, 0.4) is 0 Å². The van der Waals surface area contributed by atoms with E-state index in [9.17, 15) is 5.11 Å². The van der Waals surface area contributed by atoms with Crippen LogP contribution in [0.5, 0.6) is 0 Å². The molecule has 0 aliphatic heterocycles. The number of rotatable bonds is 2. The molecule has 2 nitrogen and oxygen atoms in total. The SMILES string of the molecule is CCC1CCC(O)(c2ccc3[nH]ccc3c2)CC1. The molecule has 3 rings (SSSR count). The van der Waals surface area contributed by atoms with Crippen molar-refractivity contribution in [3.63, 3.8) is 0 Å². The summed E-state index contributed by atoms with van der Waals surface area (Å²) in [5.41, 5.74) is 1.63. The van der Waals surface area contributed by atoms with Crippen molar-refractivity contribution in [2.24, 2.45) is 5.92 Å². The molecule has 1 fully saturated rings. The number of H-pyrrole nitrogens is 1. The van der Waals surface area contributed by atoms with Crippen LogP contribution in [0.4, 0.5) is 0 Å². The van der Waals surface area contributed by atoms with E-state index in [1.165, 1.54) is 11.8 Å². The lowest BCUT2D eigenvalue weighted by Crippen LogP contribution is -2.31. The Balaban J connectivity index is 1.88. The van der Waals surface area contributed by atoms with Gasteiger partial charge in [0.2, 0.25) is 0 Å². The van der Waals surface area contributed by atoms with E-state index >= 15 is 0 Å². The Bertz CT molecular complexity index is 535. The molecule has 1 saturated carbocycles. The second-order valence-electron chi connectivity index (χ2n) is 5.66. The van der Waals surface area contributed by atoms with E-state index in [-0.39, 0.29) is 0 Å². The number of nitrogens with one attached hydrogen (secondary N) is 1. The van der Waals surface area contributed by atoms with Crippen molar-refractivity contribution < 1.29 is 5.11 Å². The van der Waals surface area contributed by atoms with E-state index in [1.807, 2.05) is 6.20 Å². The summed E-state index contributed by atoms with van der Waals surface area (Å²) >= 11 is 0. The number of fused-ring (bicyclic) bond motifs is 1. The van der Waals surface area contributed by atoms with Gasteiger partial charge in [-0.3, -0.25) is 0 Å². The minimum atomic E-state index is -0.600. The van der Waals surface area contributed by atoms with Crippen molar-refractivity contribution in [1.29, 1.82) is 0 Å². The van der Waals surface area contributed by atoms with Gasteiger partial charge >= 0.3 is 0 Å². The Hall–Kier alpha value is -1.28. The Morgan fingerprint density at radius 1 is 1.28 bits per heavy atom. The monoisotopic (exact) mass is 243 g/mol. The lowest BCUT2D eigenvalue weighted by Gasteiger charge is -2.36. The van der Waals surface area contributed by atoms with Gasteiger partial charge in [0.15, 0.2) is 0 Å². The molecule has 0 spiro atoms. The average Bonchev–Trinajstić information content (AvgIpc) is 2.87.